The largest absolute Gasteiger partial charge is 0.481 e. The number of nitrogens with zero attached hydrogens (tertiary/aromatic N) is 1. The number of rotatable bonds is 8. The molecule has 0 aliphatic rings. The fraction of sp³-hybridized carbons (Fsp3) is 0.364. The number of carbonyl (C=O) groups excluding carboxylic acids is 2. The van der Waals surface area contributed by atoms with E-state index in [2.05, 4.69) is 5.32 Å². The van der Waals surface area contributed by atoms with E-state index >= 15 is 0 Å². The number of hydrogen-bond acceptors (Lipinski definition) is 3. The molecule has 5 nitrogen and oxygen atoms in total. The van der Waals surface area contributed by atoms with E-state index in [-0.39, 0.29) is 11.8 Å². The summed E-state index contributed by atoms with van der Waals surface area (Å²) in [6, 6.07) is 14.6. The van der Waals surface area contributed by atoms with Crippen LogP contribution in [0.1, 0.15) is 43.1 Å². The second kappa shape index (κ2) is 9.76. The fourth-order valence-electron chi connectivity index (χ4n) is 2.75. The maximum atomic E-state index is 12.6. The number of ether oxygens (including phenoxy) is 1. The van der Waals surface area contributed by atoms with Crippen molar-refractivity contribution >= 4 is 17.5 Å². The Kier molecular flexibility index (Phi) is 7.41. The van der Waals surface area contributed by atoms with E-state index < -0.39 is 6.10 Å². The Hall–Kier alpha value is -2.82. The zero-order valence-electron chi connectivity index (χ0n) is 16.5. The minimum absolute atomic E-state index is 0.0426. The van der Waals surface area contributed by atoms with Crippen LogP contribution >= 0.6 is 0 Å². The minimum Gasteiger partial charge on any atom is -0.481 e. The Morgan fingerprint density at radius 2 is 1.70 bits per heavy atom. The highest BCUT2D eigenvalue weighted by atomic mass is 16.5. The lowest BCUT2D eigenvalue weighted by atomic mass is 10.1. The summed E-state index contributed by atoms with van der Waals surface area (Å²) >= 11 is 0. The normalized spacial score (nSPS) is 11.6. The van der Waals surface area contributed by atoms with Crippen LogP contribution in [0.2, 0.25) is 0 Å². The third-order valence-corrected chi connectivity index (χ3v) is 4.39. The first-order valence-electron chi connectivity index (χ1n) is 9.42. The van der Waals surface area contributed by atoms with Crippen molar-refractivity contribution in [2.24, 2.45) is 0 Å². The number of nitrogens with one attached hydrogen (secondary N) is 1. The first-order chi connectivity index (χ1) is 13.0. The molecule has 0 aliphatic carbocycles. The molecule has 0 unspecified atom stereocenters. The molecule has 144 valence electrons. The average molecular weight is 368 g/mol. The van der Waals surface area contributed by atoms with Gasteiger partial charge in [0.2, 0.25) is 0 Å². The van der Waals surface area contributed by atoms with E-state index in [1.807, 2.05) is 52.0 Å². The quantitative estimate of drug-likeness (QED) is 0.757. The van der Waals surface area contributed by atoms with Gasteiger partial charge in [0.05, 0.1) is 0 Å². The summed E-state index contributed by atoms with van der Waals surface area (Å²) < 4.78 is 5.82. The van der Waals surface area contributed by atoms with Crippen molar-refractivity contribution in [3.63, 3.8) is 0 Å². The number of anilines is 1. The van der Waals surface area contributed by atoms with Gasteiger partial charge >= 0.3 is 0 Å². The van der Waals surface area contributed by atoms with Crippen LogP contribution in [0, 0.1) is 6.92 Å². The number of amides is 2. The van der Waals surface area contributed by atoms with Crippen LogP contribution in [0.25, 0.3) is 0 Å². The highest BCUT2D eigenvalue weighted by Crippen LogP contribution is 2.17. The molecular formula is C22H28N2O3. The van der Waals surface area contributed by atoms with Gasteiger partial charge in [-0.15, -0.1) is 0 Å². The maximum absolute atomic E-state index is 12.6. The molecule has 0 fully saturated rings. The van der Waals surface area contributed by atoms with Crippen LogP contribution in [0.5, 0.6) is 5.75 Å². The van der Waals surface area contributed by atoms with Crippen molar-refractivity contribution in [3.8, 4) is 5.75 Å². The standard InChI is InChI=1S/C22H28N2O3/c1-5-20(27-19-13-11-16(4)12-14-19)21(25)23-18-10-8-9-17(15-18)22(26)24(6-2)7-3/h8-15,20H,5-7H2,1-4H3,(H,23,25)/t20-/m1/s1. The van der Waals surface area contributed by atoms with Gasteiger partial charge in [0, 0.05) is 24.3 Å². The third-order valence-electron chi connectivity index (χ3n) is 4.39. The van der Waals surface area contributed by atoms with Crippen molar-refractivity contribution in [1.82, 2.24) is 4.90 Å². The highest BCUT2D eigenvalue weighted by Gasteiger charge is 2.19. The molecule has 0 spiro atoms. The lowest BCUT2D eigenvalue weighted by molar-refractivity contribution is -0.122. The van der Waals surface area contributed by atoms with Crippen LogP contribution in [0.4, 0.5) is 5.69 Å². The lowest BCUT2D eigenvalue weighted by Gasteiger charge is -2.20. The van der Waals surface area contributed by atoms with Gasteiger partial charge < -0.3 is 15.0 Å². The molecular weight excluding hydrogens is 340 g/mol. The van der Waals surface area contributed by atoms with Gasteiger partial charge in [0.1, 0.15) is 5.75 Å². The average Bonchev–Trinajstić information content (AvgIpc) is 2.68. The van der Waals surface area contributed by atoms with Gasteiger partial charge in [-0.3, -0.25) is 9.59 Å². The first kappa shape index (κ1) is 20.5. The molecule has 0 saturated heterocycles. The van der Waals surface area contributed by atoms with Crippen LogP contribution in [-0.4, -0.2) is 35.9 Å². The van der Waals surface area contributed by atoms with Crippen LogP contribution in [-0.2, 0) is 4.79 Å². The molecule has 5 heteroatoms. The summed E-state index contributed by atoms with van der Waals surface area (Å²) in [6.07, 6.45) is -0.0625. The molecule has 0 saturated carbocycles. The van der Waals surface area contributed by atoms with E-state index in [0.717, 1.165) is 5.56 Å². The van der Waals surface area contributed by atoms with E-state index in [0.29, 0.717) is 36.5 Å². The molecule has 27 heavy (non-hydrogen) atoms. The zero-order chi connectivity index (χ0) is 19.8. The van der Waals surface area contributed by atoms with Crippen molar-refractivity contribution in [3.05, 3.63) is 59.7 Å². The molecule has 2 rings (SSSR count). The molecule has 0 heterocycles. The first-order valence-corrected chi connectivity index (χ1v) is 9.42. The fourth-order valence-corrected chi connectivity index (χ4v) is 2.75. The van der Waals surface area contributed by atoms with Crippen molar-refractivity contribution in [1.29, 1.82) is 0 Å². The maximum Gasteiger partial charge on any atom is 0.265 e. The molecule has 0 aliphatic heterocycles. The second-order valence-corrected chi connectivity index (χ2v) is 6.38. The molecule has 1 N–H and O–H groups in total. The summed E-state index contributed by atoms with van der Waals surface area (Å²) in [5, 5.41) is 2.86. The van der Waals surface area contributed by atoms with E-state index in [1.54, 1.807) is 29.2 Å². The monoisotopic (exact) mass is 368 g/mol. The Labute approximate surface area is 161 Å². The predicted molar refractivity (Wildman–Crippen MR) is 108 cm³/mol. The Bertz CT molecular complexity index is 767. The smallest absolute Gasteiger partial charge is 0.265 e. The molecule has 0 aromatic heterocycles. The third kappa shape index (κ3) is 5.58. The number of aryl methyl sites for hydroxylation is 1. The summed E-state index contributed by atoms with van der Waals surface area (Å²) in [4.78, 5) is 26.8. The molecule has 2 aromatic carbocycles. The van der Waals surface area contributed by atoms with Gasteiger partial charge in [0.15, 0.2) is 6.10 Å². The molecule has 0 bridgehead atoms. The lowest BCUT2D eigenvalue weighted by Crippen LogP contribution is -2.33. The van der Waals surface area contributed by atoms with Gasteiger partial charge in [-0.05, 0) is 57.5 Å². The molecule has 0 radical (unpaired) electrons. The molecule has 1 atom stereocenters. The Balaban J connectivity index is 2.08. The summed E-state index contributed by atoms with van der Waals surface area (Å²) in [5.74, 6) is 0.387. The van der Waals surface area contributed by atoms with Crippen LogP contribution < -0.4 is 10.1 Å². The zero-order valence-corrected chi connectivity index (χ0v) is 16.5. The SMILES string of the molecule is CC[C@@H](Oc1ccc(C)cc1)C(=O)Nc1cccc(C(=O)N(CC)CC)c1. The van der Waals surface area contributed by atoms with Gasteiger partial charge in [-0.2, -0.15) is 0 Å². The predicted octanol–water partition coefficient (Wildman–Crippen LogP) is 4.27. The number of hydrogen-bond donors (Lipinski definition) is 1. The van der Waals surface area contributed by atoms with E-state index in [1.165, 1.54) is 0 Å². The summed E-state index contributed by atoms with van der Waals surface area (Å²) in [5.41, 5.74) is 2.28. The van der Waals surface area contributed by atoms with Crippen LogP contribution in [0.3, 0.4) is 0 Å². The number of benzene rings is 2. The second-order valence-electron chi connectivity index (χ2n) is 6.38. The number of carbonyl (C=O) groups is 2. The minimum atomic E-state index is -0.602. The van der Waals surface area contributed by atoms with Gasteiger partial charge in [-0.25, -0.2) is 0 Å². The topological polar surface area (TPSA) is 58.6 Å². The van der Waals surface area contributed by atoms with Gasteiger partial charge in [0.25, 0.3) is 11.8 Å². The Morgan fingerprint density at radius 3 is 2.30 bits per heavy atom. The van der Waals surface area contributed by atoms with E-state index in [9.17, 15) is 9.59 Å². The van der Waals surface area contributed by atoms with E-state index in [4.69, 9.17) is 4.74 Å². The summed E-state index contributed by atoms with van der Waals surface area (Å²) in [6.45, 7) is 9.09. The van der Waals surface area contributed by atoms with Crippen molar-refractivity contribution in [2.45, 2.75) is 40.2 Å². The molecule has 2 aromatic rings. The molecule has 2 amide bonds. The Morgan fingerprint density at radius 1 is 1.04 bits per heavy atom. The van der Waals surface area contributed by atoms with Crippen LogP contribution in [0.15, 0.2) is 48.5 Å². The van der Waals surface area contributed by atoms with Crippen molar-refractivity contribution in [2.75, 3.05) is 18.4 Å². The van der Waals surface area contributed by atoms with Crippen molar-refractivity contribution < 1.29 is 14.3 Å². The summed E-state index contributed by atoms with van der Waals surface area (Å²) in [7, 11) is 0. The highest BCUT2D eigenvalue weighted by molar-refractivity contribution is 5.98. The van der Waals surface area contributed by atoms with Gasteiger partial charge in [-0.1, -0.05) is 30.7 Å².